The summed E-state index contributed by atoms with van der Waals surface area (Å²) >= 11 is 3.32. The summed E-state index contributed by atoms with van der Waals surface area (Å²) in [7, 11) is 0. The van der Waals surface area contributed by atoms with Crippen molar-refractivity contribution in [1.82, 2.24) is 4.98 Å². The molecule has 7 heteroatoms. The first-order valence-electron chi connectivity index (χ1n) is 10.1. The molecule has 4 rings (SSSR count). The van der Waals surface area contributed by atoms with Gasteiger partial charge in [-0.25, -0.2) is 8.78 Å². The van der Waals surface area contributed by atoms with Crippen LogP contribution >= 0.6 is 15.9 Å². The Hall–Kier alpha value is -2.59. The summed E-state index contributed by atoms with van der Waals surface area (Å²) in [5.74, 6) is -5.53. The third kappa shape index (κ3) is 3.67. The molecular weight excluding hydrogens is 466 g/mol. The molecule has 160 valence electrons. The van der Waals surface area contributed by atoms with E-state index in [1.807, 2.05) is 18.2 Å². The normalized spacial score (nSPS) is 31.8. The number of ether oxygens (including phenoxy) is 1. The Balaban J connectivity index is 1.62. The highest BCUT2D eigenvalue weighted by Gasteiger charge is 2.67. The van der Waals surface area contributed by atoms with Gasteiger partial charge < -0.3 is 4.74 Å². The molecule has 2 aliphatic rings. The maximum Gasteiger partial charge on any atom is 0.323 e. The summed E-state index contributed by atoms with van der Waals surface area (Å²) in [6, 6.07) is 13.0. The summed E-state index contributed by atoms with van der Waals surface area (Å²) < 4.78 is 33.5. The molecule has 0 unspecified atom stereocenters. The summed E-state index contributed by atoms with van der Waals surface area (Å²) in [5, 5.41) is 9.28. The average Bonchev–Trinajstić information content (AvgIpc) is 2.96. The first kappa shape index (κ1) is 21.6. The summed E-state index contributed by atoms with van der Waals surface area (Å²) in [6.45, 7) is 3.27. The minimum absolute atomic E-state index is 0.396. The van der Waals surface area contributed by atoms with Crippen molar-refractivity contribution in [3.63, 3.8) is 0 Å². The highest BCUT2D eigenvalue weighted by Crippen LogP contribution is 2.58. The molecule has 1 aromatic carbocycles. The zero-order chi connectivity index (χ0) is 22.4. The van der Waals surface area contributed by atoms with Crippen molar-refractivity contribution in [2.75, 3.05) is 0 Å². The SMILES string of the molecule is C[C@H]1OC(=O)[C@]2(Br)CC(F)(F)[C@@H](C)[C@H](C=Cc3ccc(-c4ccccc4C#N)cn3)[C@H]12. The Bertz CT molecular complexity index is 1080. The smallest absolute Gasteiger partial charge is 0.323 e. The van der Waals surface area contributed by atoms with Gasteiger partial charge in [0.25, 0.3) is 5.92 Å². The number of halogens is 3. The van der Waals surface area contributed by atoms with Crippen LogP contribution in [0.25, 0.3) is 17.2 Å². The lowest BCUT2D eigenvalue weighted by Gasteiger charge is -2.45. The van der Waals surface area contributed by atoms with Crippen molar-refractivity contribution in [2.45, 2.75) is 36.6 Å². The predicted octanol–water partition coefficient (Wildman–Crippen LogP) is 5.62. The average molecular weight is 487 g/mol. The maximum atomic E-state index is 14.8. The van der Waals surface area contributed by atoms with Crippen LogP contribution in [0.2, 0.25) is 0 Å². The predicted molar refractivity (Wildman–Crippen MR) is 116 cm³/mol. The van der Waals surface area contributed by atoms with E-state index < -0.39 is 46.5 Å². The highest BCUT2D eigenvalue weighted by atomic mass is 79.9. The second-order valence-electron chi connectivity index (χ2n) is 8.29. The number of cyclic esters (lactones) is 1. The first-order valence-corrected chi connectivity index (χ1v) is 10.9. The van der Waals surface area contributed by atoms with Crippen LogP contribution in [0.3, 0.4) is 0 Å². The van der Waals surface area contributed by atoms with E-state index in [4.69, 9.17) is 4.74 Å². The van der Waals surface area contributed by atoms with Crippen molar-refractivity contribution in [1.29, 1.82) is 5.26 Å². The lowest BCUT2D eigenvalue weighted by molar-refractivity contribution is -0.147. The van der Waals surface area contributed by atoms with Crippen LogP contribution in [0.15, 0.2) is 48.7 Å². The highest BCUT2D eigenvalue weighted by molar-refractivity contribution is 9.10. The number of carbonyl (C=O) groups excluding carboxylic acids is 1. The first-order chi connectivity index (χ1) is 14.7. The molecule has 1 aromatic heterocycles. The van der Waals surface area contributed by atoms with Crippen molar-refractivity contribution < 1.29 is 18.3 Å². The van der Waals surface area contributed by atoms with Crippen LogP contribution in [-0.2, 0) is 9.53 Å². The molecule has 31 heavy (non-hydrogen) atoms. The van der Waals surface area contributed by atoms with Gasteiger partial charge in [0.15, 0.2) is 0 Å². The van der Waals surface area contributed by atoms with Gasteiger partial charge >= 0.3 is 5.97 Å². The molecule has 1 saturated carbocycles. The van der Waals surface area contributed by atoms with Gasteiger partial charge in [-0.05, 0) is 31.1 Å². The van der Waals surface area contributed by atoms with Gasteiger partial charge in [-0.3, -0.25) is 9.78 Å². The Morgan fingerprint density at radius 2 is 2.00 bits per heavy atom. The summed E-state index contributed by atoms with van der Waals surface area (Å²) in [5.41, 5.74) is 2.75. The monoisotopic (exact) mass is 486 g/mol. The number of alkyl halides is 3. The van der Waals surface area contributed by atoms with Crippen LogP contribution in [0.1, 0.15) is 31.5 Å². The number of nitrogens with zero attached hydrogens (tertiary/aromatic N) is 2. The number of esters is 1. The molecule has 2 aromatic rings. The third-order valence-corrected chi connectivity index (χ3v) is 7.58. The quantitative estimate of drug-likeness (QED) is 0.417. The van der Waals surface area contributed by atoms with E-state index in [0.717, 1.165) is 11.1 Å². The number of aromatic nitrogens is 1. The van der Waals surface area contributed by atoms with Gasteiger partial charge in [-0.15, -0.1) is 0 Å². The lowest BCUT2D eigenvalue weighted by atomic mass is 9.64. The van der Waals surface area contributed by atoms with Crippen LogP contribution < -0.4 is 0 Å². The van der Waals surface area contributed by atoms with E-state index in [-0.39, 0.29) is 0 Å². The van der Waals surface area contributed by atoms with E-state index in [1.54, 1.807) is 43.5 Å². The molecule has 4 nitrogen and oxygen atoms in total. The standard InChI is InChI=1S/C24H21BrF2N2O2/c1-14-19(21-15(2)31-22(30)23(21,25)13-24(14,26)27)10-9-18-8-7-17(12-29-18)20-6-4-3-5-16(20)11-28/h3-10,12,14-15,19,21H,13H2,1-2H3/t14-,15+,19-,21-,23-/m0/s1. The van der Waals surface area contributed by atoms with Gasteiger partial charge in [0, 0.05) is 35.6 Å². The number of rotatable bonds is 3. The van der Waals surface area contributed by atoms with Gasteiger partial charge in [0.2, 0.25) is 0 Å². The minimum Gasteiger partial charge on any atom is -0.461 e. The second kappa shape index (κ2) is 7.83. The summed E-state index contributed by atoms with van der Waals surface area (Å²) in [6.07, 6.45) is 4.07. The van der Waals surface area contributed by atoms with Crippen LogP contribution in [-0.4, -0.2) is 27.3 Å². The molecule has 1 saturated heterocycles. The van der Waals surface area contributed by atoms with Crippen LogP contribution in [0, 0.1) is 29.1 Å². The third-order valence-electron chi connectivity index (χ3n) is 6.45. The zero-order valence-corrected chi connectivity index (χ0v) is 18.6. The number of fused-ring (bicyclic) bond motifs is 1. The number of allylic oxidation sites excluding steroid dienone is 1. The van der Waals surface area contributed by atoms with Crippen molar-refractivity contribution in [3.05, 3.63) is 59.9 Å². The van der Waals surface area contributed by atoms with Gasteiger partial charge in [0.1, 0.15) is 10.4 Å². The molecule has 0 N–H and O–H groups in total. The molecular formula is C24H21BrF2N2O2. The van der Waals surface area contributed by atoms with Gasteiger partial charge in [0.05, 0.1) is 17.3 Å². The second-order valence-corrected chi connectivity index (χ2v) is 9.71. The number of nitriles is 1. The topological polar surface area (TPSA) is 63.0 Å². The number of carbonyl (C=O) groups is 1. The largest absolute Gasteiger partial charge is 0.461 e. The zero-order valence-electron chi connectivity index (χ0n) is 17.1. The van der Waals surface area contributed by atoms with Crippen molar-refractivity contribution in [3.8, 4) is 17.2 Å². The number of hydrogen-bond donors (Lipinski definition) is 0. The Kier molecular flexibility index (Phi) is 5.47. The van der Waals surface area contributed by atoms with Crippen LogP contribution in [0.5, 0.6) is 0 Å². The van der Waals surface area contributed by atoms with Gasteiger partial charge in [-0.2, -0.15) is 5.26 Å². The van der Waals surface area contributed by atoms with Crippen LogP contribution in [0.4, 0.5) is 8.78 Å². The van der Waals surface area contributed by atoms with E-state index >= 15 is 0 Å². The lowest BCUT2D eigenvalue weighted by Crippen LogP contribution is -2.54. The fraction of sp³-hybridized carbons (Fsp3) is 0.375. The molecule has 1 aliphatic carbocycles. The molecule has 0 bridgehead atoms. The molecule has 1 aliphatic heterocycles. The van der Waals surface area contributed by atoms with Crippen molar-refractivity contribution in [2.24, 2.45) is 17.8 Å². The van der Waals surface area contributed by atoms with E-state index in [0.29, 0.717) is 11.3 Å². The fourth-order valence-electron chi connectivity index (χ4n) is 4.74. The molecule has 0 amide bonds. The molecule has 2 heterocycles. The Labute approximate surface area is 188 Å². The fourth-order valence-corrected chi connectivity index (χ4v) is 5.89. The maximum absolute atomic E-state index is 14.8. The van der Waals surface area contributed by atoms with E-state index in [2.05, 4.69) is 27.0 Å². The molecule has 0 spiro atoms. The molecule has 0 radical (unpaired) electrons. The molecule has 2 fully saturated rings. The minimum atomic E-state index is -3.00. The summed E-state index contributed by atoms with van der Waals surface area (Å²) in [4.78, 5) is 16.7. The van der Waals surface area contributed by atoms with Crippen molar-refractivity contribution >= 4 is 28.0 Å². The van der Waals surface area contributed by atoms with Gasteiger partial charge in [-0.1, -0.05) is 53.2 Å². The Morgan fingerprint density at radius 1 is 1.26 bits per heavy atom. The number of benzene rings is 1. The number of pyridine rings is 1. The number of hydrogen-bond acceptors (Lipinski definition) is 4. The van der Waals surface area contributed by atoms with E-state index in [1.165, 1.54) is 6.92 Å². The van der Waals surface area contributed by atoms with E-state index in [9.17, 15) is 18.8 Å². The Morgan fingerprint density at radius 3 is 2.68 bits per heavy atom. The molecule has 5 atom stereocenters.